The molecule has 0 radical (unpaired) electrons. The van der Waals surface area contributed by atoms with Gasteiger partial charge in [0.25, 0.3) is 0 Å². The van der Waals surface area contributed by atoms with E-state index in [1.165, 1.54) is 36.1 Å². The van der Waals surface area contributed by atoms with Gasteiger partial charge in [0.05, 0.1) is 0 Å². The number of hydrogen-bond acceptors (Lipinski definition) is 2. The Bertz CT molecular complexity index is 444. The molecule has 1 heterocycles. The summed E-state index contributed by atoms with van der Waals surface area (Å²) in [4.78, 5) is 2.55. The molecule has 2 nitrogen and oxygen atoms in total. The maximum absolute atomic E-state index is 3.73. The van der Waals surface area contributed by atoms with Crippen LogP contribution >= 0.6 is 15.9 Å². The lowest BCUT2D eigenvalue weighted by molar-refractivity contribution is 0.389. The molecule has 1 N–H and O–H groups in total. The van der Waals surface area contributed by atoms with Crippen LogP contribution < -0.4 is 10.2 Å². The maximum atomic E-state index is 3.73. The zero-order valence-electron chi connectivity index (χ0n) is 11.2. The first-order chi connectivity index (χ1) is 8.48. The van der Waals surface area contributed by atoms with E-state index >= 15 is 0 Å². The summed E-state index contributed by atoms with van der Waals surface area (Å²) < 4.78 is 1.17. The Balaban J connectivity index is 1.89. The first-order valence-corrected chi connectivity index (χ1v) is 7.53. The van der Waals surface area contributed by atoms with Crippen molar-refractivity contribution in [2.45, 2.75) is 32.2 Å². The molecule has 1 saturated heterocycles. The molecule has 0 aromatic heterocycles. The summed E-state index contributed by atoms with van der Waals surface area (Å²) in [5.41, 5.74) is 2.07. The smallest absolute Gasteiger partial charge is 0.0378 e. The topological polar surface area (TPSA) is 15.3 Å². The molecule has 0 bridgehead atoms. The molecular weight excluding hydrogens is 288 g/mol. The number of hydrogen-bond donors (Lipinski definition) is 1. The summed E-state index contributed by atoms with van der Waals surface area (Å²) in [5, 5.41) is 3.73. The fraction of sp³-hybridized carbons (Fsp3) is 0.600. The second kappa shape index (κ2) is 4.24. The van der Waals surface area contributed by atoms with Crippen LogP contribution in [-0.2, 0) is 0 Å². The molecule has 2 aliphatic rings. The second-order valence-corrected chi connectivity index (χ2v) is 7.49. The third kappa shape index (κ3) is 2.57. The highest BCUT2D eigenvalue weighted by molar-refractivity contribution is 9.10. The zero-order valence-corrected chi connectivity index (χ0v) is 12.8. The van der Waals surface area contributed by atoms with Gasteiger partial charge in [-0.25, -0.2) is 0 Å². The van der Waals surface area contributed by atoms with E-state index in [1.54, 1.807) is 0 Å². The molecule has 1 spiro atoms. The number of anilines is 1. The van der Waals surface area contributed by atoms with Crippen molar-refractivity contribution in [1.29, 1.82) is 0 Å². The van der Waals surface area contributed by atoms with Crippen molar-refractivity contribution in [3.8, 4) is 0 Å². The van der Waals surface area contributed by atoms with E-state index < -0.39 is 0 Å². The molecule has 2 fully saturated rings. The van der Waals surface area contributed by atoms with Crippen LogP contribution in [0.3, 0.4) is 0 Å². The van der Waals surface area contributed by atoms with E-state index in [0.717, 1.165) is 6.54 Å². The molecular formula is C15H21BrN2. The van der Waals surface area contributed by atoms with Crippen LogP contribution in [0.25, 0.3) is 0 Å². The molecule has 1 aromatic rings. The Morgan fingerprint density at radius 1 is 1.22 bits per heavy atom. The van der Waals surface area contributed by atoms with Gasteiger partial charge in [0, 0.05) is 40.7 Å². The molecule has 1 aliphatic heterocycles. The average Bonchev–Trinajstić information content (AvgIpc) is 3.07. The van der Waals surface area contributed by atoms with Crippen LogP contribution in [0.15, 0.2) is 28.7 Å². The summed E-state index contributed by atoms with van der Waals surface area (Å²) in [7, 11) is 0. The van der Waals surface area contributed by atoms with Crippen LogP contribution in [0.2, 0.25) is 0 Å². The number of benzene rings is 1. The predicted octanol–water partition coefficient (Wildman–Crippen LogP) is 3.42. The fourth-order valence-corrected chi connectivity index (χ4v) is 3.23. The van der Waals surface area contributed by atoms with Crippen molar-refractivity contribution in [3.05, 3.63) is 28.7 Å². The van der Waals surface area contributed by atoms with Gasteiger partial charge in [0.15, 0.2) is 0 Å². The largest absolute Gasteiger partial charge is 0.369 e. The SMILES string of the molecule is CC1(C)CN(c2cccc(Br)c2)CC2(CC2)CN1. The summed E-state index contributed by atoms with van der Waals surface area (Å²) >= 11 is 3.58. The molecule has 1 aromatic carbocycles. The van der Waals surface area contributed by atoms with Crippen molar-refractivity contribution in [2.24, 2.45) is 5.41 Å². The molecule has 0 unspecified atom stereocenters. The van der Waals surface area contributed by atoms with Gasteiger partial charge in [0.2, 0.25) is 0 Å². The molecule has 1 aliphatic carbocycles. The summed E-state index contributed by atoms with van der Waals surface area (Å²) in [6.07, 6.45) is 2.75. The Hall–Kier alpha value is -0.540. The van der Waals surface area contributed by atoms with Gasteiger partial charge < -0.3 is 10.2 Å². The predicted molar refractivity (Wildman–Crippen MR) is 80.1 cm³/mol. The van der Waals surface area contributed by atoms with E-state index in [2.05, 4.69) is 64.3 Å². The Morgan fingerprint density at radius 2 is 2.00 bits per heavy atom. The van der Waals surface area contributed by atoms with Crippen LogP contribution in [-0.4, -0.2) is 25.2 Å². The van der Waals surface area contributed by atoms with Crippen molar-refractivity contribution in [2.75, 3.05) is 24.5 Å². The molecule has 3 rings (SSSR count). The molecule has 1 saturated carbocycles. The molecule has 98 valence electrons. The minimum atomic E-state index is 0.189. The number of nitrogens with zero attached hydrogens (tertiary/aromatic N) is 1. The summed E-state index contributed by atoms with van der Waals surface area (Å²) in [6.45, 7) is 8.05. The van der Waals surface area contributed by atoms with Gasteiger partial charge >= 0.3 is 0 Å². The molecule has 0 amide bonds. The van der Waals surface area contributed by atoms with E-state index in [9.17, 15) is 0 Å². The Kier molecular flexibility index (Phi) is 2.94. The van der Waals surface area contributed by atoms with Gasteiger partial charge in [-0.15, -0.1) is 0 Å². The summed E-state index contributed by atoms with van der Waals surface area (Å²) in [5.74, 6) is 0. The molecule has 0 atom stereocenters. The third-order valence-corrected chi connectivity index (χ3v) is 4.68. The second-order valence-electron chi connectivity index (χ2n) is 6.57. The Labute approximate surface area is 118 Å². The van der Waals surface area contributed by atoms with Crippen LogP contribution in [0.4, 0.5) is 5.69 Å². The molecule has 18 heavy (non-hydrogen) atoms. The quantitative estimate of drug-likeness (QED) is 0.855. The first kappa shape index (κ1) is 12.5. The van der Waals surface area contributed by atoms with Crippen LogP contribution in [0.1, 0.15) is 26.7 Å². The van der Waals surface area contributed by atoms with Gasteiger partial charge in [-0.1, -0.05) is 22.0 Å². The minimum absolute atomic E-state index is 0.189. The fourth-order valence-electron chi connectivity index (χ4n) is 2.84. The Morgan fingerprint density at radius 3 is 2.67 bits per heavy atom. The first-order valence-electron chi connectivity index (χ1n) is 6.74. The van der Waals surface area contributed by atoms with E-state index in [0.29, 0.717) is 5.41 Å². The van der Waals surface area contributed by atoms with Gasteiger partial charge in [0.1, 0.15) is 0 Å². The van der Waals surface area contributed by atoms with Gasteiger partial charge in [-0.05, 0) is 44.9 Å². The highest BCUT2D eigenvalue weighted by atomic mass is 79.9. The number of nitrogens with one attached hydrogen (secondary N) is 1. The van der Waals surface area contributed by atoms with Crippen LogP contribution in [0, 0.1) is 5.41 Å². The summed E-state index contributed by atoms with van der Waals surface area (Å²) in [6, 6.07) is 8.68. The van der Waals surface area contributed by atoms with Crippen molar-refractivity contribution >= 4 is 21.6 Å². The van der Waals surface area contributed by atoms with Gasteiger partial charge in [-0.3, -0.25) is 0 Å². The lowest BCUT2D eigenvalue weighted by Gasteiger charge is -2.32. The lowest BCUT2D eigenvalue weighted by atomic mass is 10.1. The molecule has 3 heteroatoms. The van der Waals surface area contributed by atoms with Crippen molar-refractivity contribution < 1.29 is 0 Å². The average molecular weight is 309 g/mol. The normalized spacial score (nSPS) is 24.9. The number of rotatable bonds is 1. The van der Waals surface area contributed by atoms with E-state index in [1.807, 2.05) is 0 Å². The zero-order chi connectivity index (χ0) is 12.8. The van der Waals surface area contributed by atoms with Crippen molar-refractivity contribution in [1.82, 2.24) is 5.32 Å². The maximum Gasteiger partial charge on any atom is 0.0378 e. The monoisotopic (exact) mass is 308 g/mol. The standard InChI is InChI=1S/C15H21BrN2/c1-14(2)10-18(11-15(6-7-15)9-17-14)13-5-3-4-12(16)8-13/h3-5,8,17H,6-7,9-11H2,1-2H3. The van der Waals surface area contributed by atoms with Gasteiger partial charge in [-0.2, -0.15) is 0 Å². The van der Waals surface area contributed by atoms with E-state index in [-0.39, 0.29) is 5.54 Å². The highest BCUT2D eigenvalue weighted by Crippen LogP contribution is 2.47. The highest BCUT2D eigenvalue weighted by Gasteiger charge is 2.47. The minimum Gasteiger partial charge on any atom is -0.369 e. The lowest BCUT2D eigenvalue weighted by Crippen LogP contribution is -2.46. The number of halogens is 1. The van der Waals surface area contributed by atoms with Crippen LogP contribution in [0.5, 0.6) is 0 Å². The van der Waals surface area contributed by atoms with E-state index in [4.69, 9.17) is 0 Å². The van der Waals surface area contributed by atoms with Crippen molar-refractivity contribution in [3.63, 3.8) is 0 Å². The third-order valence-electron chi connectivity index (χ3n) is 4.18.